The van der Waals surface area contributed by atoms with Crippen molar-refractivity contribution in [3.8, 4) is 0 Å². The van der Waals surface area contributed by atoms with Gasteiger partial charge in [-0.1, -0.05) is 45.4 Å². The Hall–Kier alpha value is -0.119. The summed E-state index contributed by atoms with van der Waals surface area (Å²) in [6.07, 6.45) is 21.3. The molecule has 1 rings (SSSR count). The number of allylic oxidation sites excluding steroid dienone is 4. The Balaban J connectivity index is 2.10. The van der Waals surface area contributed by atoms with Gasteiger partial charge in [0.05, 0.1) is 0 Å². The molecule has 0 aliphatic heterocycles. The van der Waals surface area contributed by atoms with E-state index in [4.69, 9.17) is 0 Å². The van der Waals surface area contributed by atoms with Crippen LogP contribution in [0.1, 0.15) is 137 Å². The third kappa shape index (κ3) is 11.9. The summed E-state index contributed by atoms with van der Waals surface area (Å²) in [7, 11) is 0. The summed E-state index contributed by atoms with van der Waals surface area (Å²) < 4.78 is 5.28. The van der Waals surface area contributed by atoms with E-state index < -0.39 is 24.0 Å². The molecule has 0 radical (unpaired) electrons. The van der Waals surface area contributed by atoms with E-state index in [1.165, 1.54) is 107 Å². The van der Waals surface area contributed by atoms with Gasteiger partial charge in [-0.2, -0.15) is 0 Å². The summed E-state index contributed by atoms with van der Waals surface area (Å²) in [6, 6.07) is 0. The van der Waals surface area contributed by atoms with Gasteiger partial charge in [-0.05, 0) is 0 Å². The van der Waals surface area contributed by atoms with E-state index in [1.54, 1.807) is 3.88 Å². The summed E-state index contributed by atoms with van der Waals surface area (Å²) in [5, 5.41) is 0. The van der Waals surface area contributed by atoms with Crippen molar-refractivity contribution >= 4 is 12.6 Å². The average molecular weight is 511 g/mol. The van der Waals surface area contributed by atoms with Crippen molar-refractivity contribution in [3.05, 3.63) is 20.6 Å². The summed E-state index contributed by atoms with van der Waals surface area (Å²) in [5.41, 5.74) is 4.51. The molecule has 0 fully saturated rings. The van der Waals surface area contributed by atoms with Gasteiger partial charge < -0.3 is 0 Å². The number of amides is 1. The van der Waals surface area contributed by atoms with Crippen LogP contribution in [0.5, 0.6) is 0 Å². The third-order valence-electron chi connectivity index (χ3n) is 7.79. The van der Waals surface area contributed by atoms with Crippen LogP contribution in [0.3, 0.4) is 0 Å². The van der Waals surface area contributed by atoms with Crippen LogP contribution in [0.25, 0.3) is 0 Å². The van der Waals surface area contributed by atoms with E-state index >= 15 is 0 Å². The molecule has 4 heteroatoms. The van der Waals surface area contributed by atoms with Crippen LogP contribution >= 0.6 is 0 Å². The third-order valence-corrected chi connectivity index (χ3v) is 19.3. The zero-order chi connectivity index (χ0) is 24.6. The second-order valence-corrected chi connectivity index (χ2v) is 23.5. The summed E-state index contributed by atoms with van der Waals surface area (Å²) in [5.74, 6) is 0.900. The minimum atomic E-state index is -1.65. The first kappa shape index (κ1) is 30.9. The predicted octanol–water partition coefficient (Wildman–Crippen LogP) is 9.14. The molecule has 0 saturated carbocycles. The molecule has 0 aromatic carbocycles. The maximum atomic E-state index is 12.7. The number of nitrogens with one attached hydrogen (secondary N) is 1. The molecule has 0 aromatic rings. The molecule has 0 aromatic heterocycles. The fourth-order valence-corrected chi connectivity index (χ4v) is 15.8. The van der Waals surface area contributed by atoms with Crippen LogP contribution in [-0.2, 0) is 22.2 Å². The summed E-state index contributed by atoms with van der Waals surface area (Å²) in [6.45, 7) is 15.5. The van der Waals surface area contributed by atoms with Crippen molar-refractivity contribution in [2.45, 2.75) is 150 Å². The van der Waals surface area contributed by atoms with Gasteiger partial charge in [-0.15, -0.1) is 0 Å². The van der Waals surface area contributed by atoms with Crippen LogP contribution in [-0.4, -0.2) is 12.6 Å². The van der Waals surface area contributed by atoms with Crippen LogP contribution < -0.4 is 3.80 Å². The van der Waals surface area contributed by atoms with Crippen molar-refractivity contribution in [2.75, 3.05) is 0 Å². The normalized spacial score (nSPS) is 16.3. The van der Waals surface area contributed by atoms with Crippen LogP contribution in [0.2, 0.25) is 13.1 Å². The molecule has 0 bridgehead atoms. The number of hydrogen-bond donors (Lipinski definition) is 1. The van der Waals surface area contributed by atoms with E-state index in [0.717, 1.165) is 12.8 Å². The van der Waals surface area contributed by atoms with Crippen molar-refractivity contribution < 1.29 is 22.2 Å². The topological polar surface area (TPSA) is 29.1 Å². The van der Waals surface area contributed by atoms with E-state index in [-0.39, 0.29) is 0 Å². The second-order valence-electron chi connectivity index (χ2n) is 10.9. The molecule has 191 valence electrons. The Labute approximate surface area is 214 Å². The molecule has 1 aliphatic carbocycles. The Morgan fingerprint density at radius 2 is 1.18 bits per heavy atom. The average Bonchev–Trinajstić information content (AvgIpc) is 2.97. The molecule has 2 nitrogen and oxygen atoms in total. The molecule has 1 N–H and O–H groups in total. The number of rotatable bonds is 19. The van der Waals surface area contributed by atoms with Gasteiger partial charge in [0.25, 0.3) is 0 Å². The minimum absolute atomic E-state index is 0.343. The molecule has 1 atom stereocenters. The Bertz CT molecular complexity index is 625. The van der Waals surface area contributed by atoms with Gasteiger partial charge in [0, 0.05) is 0 Å². The standard InChI is InChI=1S/C18H37NO.C9H13.C2H7Si.Ti/c1-2-3-4-5-6-7-8-9-10-11-12-13-14-15-16-17-18(19)20;1-6-5-7(2)9(4)8(6)3;1-3-2;/h2-17H2,1H3,(H2,19,20);6H,1-4H3;3H,1-2H3;/q;;;+1/p-1. The zero-order valence-electron chi connectivity index (χ0n) is 23.4. The molecule has 0 heterocycles. The number of unbranched alkanes of at least 4 members (excludes halogenated alkanes) is 14. The molecule has 1 amide bonds. The first-order chi connectivity index (χ1) is 15.8. The van der Waals surface area contributed by atoms with Crippen LogP contribution in [0, 0.1) is 5.92 Å². The Morgan fingerprint density at radius 1 is 0.758 bits per heavy atom. The van der Waals surface area contributed by atoms with Crippen molar-refractivity contribution in [2.24, 2.45) is 5.92 Å². The molecule has 1 aliphatic rings. The van der Waals surface area contributed by atoms with Gasteiger partial charge in [0.1, 0.15) is 0 Å². The van der Waals surface area contributed by atoms with E-state index in [0.29, 0.717) is 11.8 Å². The molecule has 33 heavy (non-hydrogen) atoms. The fraction of sp³-hybridized carbons (Fsp3) is 0.828. The molecule has 1 unspecified atom stereocenters. The van der Waals surface area contributed by atoms with Gasteiger partial charge in [-0.25, -0.2) is 0 Å². The molecular weight excluding hydrogens is 454 g/mol. The van der Waals surface area contributed by atoms with E-state index in [2.05, 4.69) is 51.5 Å². The maximum absolute atomic E-state index is 12.7. The second kappa shape index (κ2) is 18.2. The van der Waals surface area contributed by atoms with Gasteiger partial charge in [0.15, 0.2) is 0 Å². The molecule has 0 saturated heterocycles. The first-order valence-corrected chi connectivity index (χ1v) is 21.5. The summed E-state index contributed by atoms with van der Waals surface area (Å²) >= 11 is -1.65. The predicted molar refractivity (Wildman–Crippen MR) is 147 cm³/mol. The molecular formula is C29H56NOSiTi. The Kier molecular flexibility index (Phi) is 17.0. The van der Waals surface area contributed by atoms with Gasteiger partial charge in [-0.3, -0.25) is 0 Å². The van der Waals surface area contributed by atoms with Crippen LogP contribution in [0.15, 0.2) is 20.6 Å². The van der Waals surface area contributed by atoms with Crippen molar-refractivity contribution in [1.29, 1.82) is 0 Å². The van der Waals surface area contributed by atoms with Gasteiger partial charge in [0.2, 0.25) is 0 Å². The van der Waals surface area contributed by atoms with E-state index in [1.807, 2.05) is 0 Å². The monoisotopic (exact) mass is 510 g/mol. The number of hydrogen-bond acceptors (Lipinski definition) is 1. The van der Waals surface area contributed by atoms with Gasteiger partial charge >= 0.3 is 170 Å². The van der Waals surface area contributed by atoms with Crippen molar-refractivity contribution in [3.63, 3.8) is 0 Å². The van der Waals surface area contributed by atoms with Crippen molar-refractivity contribution in [1.82, 2.24) is 3.80 Å². The first-order valence-electron chi connectivity index (χ1n) is 14.4. The number of carbonyl (C=O) groups is 1. The number of carbonyl (C=O) groups excluding carboxylic acids is 1. The van der Waals surface area contributed by atoms with E-state index in [9.17, 15) is 4.79 Å². The molecule has 0 spiro atoms. The summed E-state index contributed by atoms with van der Waals surface area (Å²) in [4.78, 5) is 12.7. The Morgan fingerprint density at radius 3 is 1.55 bits per heavy atom. The quantitative estimate of drug-likeness (QED) is 0.136. The zero-order valence-corrected chi connectivity index (χ0v) is 26.1. The fourth-order valence-electron chi connectivity index (χ4n) is 5.19. The van der Waals surface area contributed by atoms with Crippen LogP contribution in [0.4, 0.5) is 0 Å². The SMILES string of the molecule is CCCCCCCCCCCCCCCCCC(=O)[NH][Ti]([C]1=C(C)C(C)=C(C)C1C)[SiH](C)C.